The maximum Gasteiger partial charge on any atom is 0.228 e. The van der Waals surface area contributed by atoms with Gasteiger partial charge in [-0.25, -0.2) is 0 Å². The molecule has 15 heavy (non-hydrogen) atoms. The Morgan fingerprint density at radius 3 is 2.20 bits per heavy atom. The molecule has 4 nitrogen and oxygen atoms in total. The lowest BCUT2D eigenvalue weighted by atomic mass is 9.92. The molecule has 78 valence electrons. The second kappa shape index (κ2) is 3.08. The lowest BCUT2D eigenvalue weighted by molar-refractivity contribution is -0.125. The molecule has 1 saturated carbocycles. The second-order valence-corrected chi connectivity index (χ2v) is 3.86. The molecule has 2 rings (SSSR count). The summed E-state index contributed by atoms with van der Waals surface area (Å²) in [7, 11) is 0. The summed E-state index contributed by atoms with van der Waals surface area (Å²) in [4.78, 5) is 22.5. The van der Waals surface area contributed by atoms with Crippen LogP contribution >= 0.6 is 0 Å². The van der Waals surface area contributed by atoms with Crippen LogP contribution in [-0.2, 0) is 15.0 Å². The highest BCUT2D eigenvalue weighted by Crippen LogP contribution is 2.53. The van der Waals surface area contributed by atoms with Crippen molar-refractivity contribution in [2.75, 3.05) is 0 Å². The minimum Gasteiger partial charge on any atom is -0.369 e. The summed E-state index contributed by atoms with van der Waals surface area (Å²) in [6, 6.07) is 9.08. The van der Waals surface area contributed by atoms with Gasteiger partial charge >= 0.3 is 0 Å². The number of carbonyl (C=O) groups is 2. The Hall–Kier alpha value is -1.84. The molecule has 4 heteroatoms. The van der Waals surface area contributed by atoms with E-state index in [-0.39, 0.29) is 0 Å². The van der Waals surface area contributed by atoms with Gasteiger partial charge in [-0.15, -0.1) is 0 Å². The summed E-state index contributed by atoms with van der Waals surface area (Å²) < 4.78 is 0. The number of primary amides is 2. The van der Waals surface area contributed by atoms with Gasteiger partial charge < -0.3 is 11.5 Å². The quantitative estimate of drug-likeness (QED) is 0.721. The van der Waals surface area contributed by atoms with Gasteiger partial charge in [0.2, 0.25) is 11.8 Å². The fraction of sp³-hybridized carbons (Fsp3) is 0.273. The SMILES string of the molecule is NC(=O)C1CC1(C(N)=O)c1ccccc1. The van der Waals surface area contributed by atoms with E-state index < -0.39 is 23.1 Å². The molecule has 1 aromatic rings. The van der Waals surface area contributed by atoms with Crippen LogP contribution in [0, 0.1) is 5.92 Å². The fourth-order valence-corrected chi connectivity index (χ4v) is 2.08. The standard InChI is InChI=1S/C11H12N2O2/c12-9(14)8-6-11(8,10(13)15)7-4-2-1-3-5-7/h1-5,8H,6H2,(H2,12,14)(H2,13,15). The predicted molar refractivity (Wildman–Crippen MR) is 54.6 cm³/mol. The van der Waals surface area contributed by atoms with E-state index in [2.05, 4.69) is 0 Å². The molecule has 0 aliphatic heterocycles. The molecule has 0 radical (unpaired) electrons. The van der Waals surface area contributed by atoms with Crippen molar-refractivity contribution < 1.29 is 9.59 Å². The van der Waals surface area contributed by atoms with Crippen LogP contribution in [0.1, 0.15) is 12.0 Å². The lowest BCUT2D eigenvalue weighted by Crippen LogP contribution is -2.33. The summed E-state index contributed by atoms with van der Waals surface area (Å²) in [5, 5.41) is 0. The van der Waals surface area contributed by atoms with Crippen molar-refractivity contribution in [1.29, 1.82) is 0 Å². The van der Waals surface area contributed by atoms with Gasteiger partial charge in [-0.3, -0.25) is 9.59 Å². The van der Waals surface area contributed by atoms with Gasteiger partial charge in [-0.05, 0) is 12.0 Å². The molecule has 0 aromatic heterocycles. The minimum absolute atomic E-state index is 0.432. The first-order valence-corrected chi connectivity index (χ1v) is 4.74. The van der Waals surface area contributed by atoms with E-state index in [1.165, 1.54) is 0 Å². The molecule has 0 heterocycles. The molecular formula is C11H12N2O2. The Kier molecular flexibility index (Phi) is 2.00. The average Bonchev–Trinajstić information content (AvgIpc) is 2.95. The van der Waals surface area contributed by atoms with E-state index in [4.69, 9.17) is 11.5 Å². The van der Waals surface area contributed by atoms with Crippen molar-refractivity contribution in [3.05, 3.63) is 35.9 Å². The van der Waals surface area contributed by atoms with Gasteiger partial charge in [0.25, 0.3) is 0 Å². The minimum atomic E-state index is -0.854. The molecule has 2 amide bonds. The van der Waals surface area contributed by atoms with Crippen LogP contribution in [0.25, 0.3) is 0 Å². The van der Waals surface area contributed by atoms with E-state index in [9.17, 15) is 9.59 Å². The number of carbonyl (C=O) groups excluding carboxylic acids is 2. The third-order valence-corrected chi connectivity index (χ3v) is 3.03. The fourth-order valence-electron chi connectivity index (χ4n) is 2.08. The number of benzene rings is 1. The summed E-state index contributed by atoms with van der Waals surface area (Å²) in [5.74, 6) is -1.38. The molecule has 2 unspecified atom stereocenters. The summed E-state index contributed by atoms with van der Waals surface area (Å²) >= 11 is 0. The lowest BCUT2D eigenvalue weighted by Gasteiger charge is -2.12. The Bertz CT molecular complexity index is 416. The number of hydrogen-bond acceptors (Lipinski definition) is 2. The number of rotatable bonds is 3. The zero-order chi connectivity index (χ0) is 11.1. The molecule has 1 aromatic carbocycles. The summed E-state index contributed by atoms with van der Waals surface area (Å²) in [6.45, 7) is 0. The molecule has 1 aliphatic carbocycles. The first kappa shape index (κ1) is 9.71. The maximum absolute atomic E-state index is 11.4. The third kappa shape index (κ3) is 1.29. The van der Waals surface area contributed by atoms with Gasteiger partial charge in [0, 0.05) is 0 Å². The predicted octanol–water partition coefficient (Wildman–Crippen LogP) is -0.0851. The van der Waals surface area contributed by atoms with E-state index >= 15 is 0 Å². The first-order valence-electron chi connectivity index (χ1n) is 4.74. The Labute approximate surface area is 87.3 Å². The van der Waals surface area contributed by atoms with Crippen LogP contribution in [0.2, 0.25) is 0 Å². The summed E-state index contributed by atoms with van der Waals surface area (Å²) in [5.41, 5.74) is 10.5. The average molecular weight is 204 g/mol. The van der Waals surface area contributed by atoms with Crippen LogP contribution in [-0.4, -0.2) is 11.8 Å². The zero-order valence-electron chi connectivity index (χ0n) is 8.14. The van der Waals surface area contributed by atoms with E-state index in [1.54, 1.807) is 12.1 Å². The number of amides is 2. The van der Waals surface area contributed by atoms with Crippen LogP contribution < -0.4 is 11.5 Å². The molecule has 0 spiro atoms. The van der Waals surface area contributed by atoms with Crippen LogP contribution in [0.3, 0.4) is 0 Å². The van der Waals surface area contributed by atoms with Crippen molar-refractivity contribution in [2.24, 2.45) is 17.4 Å². The Balaban J connectivity index is 2.40. The van der Waals surface area contributed by atoms with E-state index in [0.717, 1.165) is 5.56 Å². The van der Waals surface area contributed by atoms with Crippen molar-refractivity contribution in [2.45, 2.75) is 11.8 Å². The van der Waals surface area contributed by atoms with Crippen molar-refractivity contribution >= 4 is 11.8 Å². The first-order chi connectivity index (χ1) is 7.09. The molecule has 0 bridgehead atoms. The van der Waals surface area contributed by atoms with E-state index in [0.29, 0.717) is 6.42 Å². The van der Waals surface area contributed by atoms with E-state index in [1.807, 2.05) is 18.2 Å². The molecule has 2 atom stereocenters. The summed E-state index contributed by atoms with van der Waals surface area (Å²) in [6.07, 6.45) is 0.432. The zero-order valence-corrected chi connectivity index (χ0v) is 8.14. The molecule has 4 N–H and O–H groups in total. The van der Waals surface area contributed by atoms with Gasteiger partial charge in [0.15, 0.2) is 0 Å². The van der Waals surface area contributed by atoms with Crippen LogP contribution in [0.5, 0.6) is 0 Å². The second-order valence-electron chi connectivity index (χ2n) is 3.86. The van der Waals surface area contributed by atoms with Gasteiger partial charge in [0.1, 0.15) is 0 Å². The van der Waals surface area contributed by atoms with Gasteiger partial charge in [0.05, 0.1) is 11.3 Å². The van der Waals surface area contributed by atoms with Crippen molar-refractivity contribution in [3.8, 4) is 0 Å². The highest BCUT2D eigenvalue weighted by atomic mass is 16.2. The number of nitrogens with two attached hydrogens (primary N) is 2. The highest BCUT2D eigenvalue weighted by molar-refractivity contribution is 5.99. The van der Waals surface area contributed by atoms with Crippen molar-refractivity contribution in [1.82, 2.24) is 0 Å². The molecular weight excluding hydrogens is 192 g/mol. The maximum atomic E-state index is 11.4. The van der Waals surface area contributed by atoms with Crippen LogP contribution in [0.15, 0.2) is 30.3 Å². The normalized spacial score (nSPS) is 28.4. The molecule has 1 fully saturated rings. The largest absolute Gasteiger partial charge is 0.369 e. The Morgan fingerprint density at radius 1 is 1.20 bits per heavy atom. The monoisotopic (exact) mass is 204 g/mol. The van der Waals surface area contributed by atoms with Crippen LogP contribution in [0.4, 0.5) is 0 Å². The topological polar surface area (TPSA) is 86.2 Å². The van der Waals surface area contributed by atoms with Gasteiger partial charge in [-0.2, -0.15) is 0 Å². The van der Waals surface area contributed by atoms with Gasteiger partial charge in [-0.1, -0.05) is 30.3 Å². The third-order valence-electron chi connectivity index (χ3n) is 3.03. The Morgan fingerprint density at radius 2 is 1.80 bits per heavy atom. The molecule has 1 aliphatic rings. The van der Waals surface area contributed by atoms with Crippen molar-refractivity contribution in [3.63, 3.8) is 0 Å². The number of hydrogen-bond donors (Lipinski definition) is 2. The highest BCUT2D eigenvalue weighted by Gasteiger charge is 2.63. The smallest absolute Gasteiger partial charge is 0.228 e. The molecule has 0 saturated heterocycles.